The molecule has 3 nitrogen and oxygen atoms in total. The van der Waals surface area contributed by atoms with E-state index in [2.05, 4.69) is 21.0 Å². The van der Waals surface area contributed by atoms with Crippen molar-refractivity contribution in [2.45, 2.75) is 43.9 Å². The Balaban J connectivity index is 2.16. The molecule has 2 rings (SSSR count). The minimum absolute atomic E-state index is 0.499. The van der Waals surface area contributed by atoms with Crippen LogP contribution < -0.4 is 0 Å². The molecule has 0 aliphatic heterocycles. The van der Waals surface area contributed by atoms with Crippen molar-refractivity contribution in [3.8, 4) is 0 Å². The molecule has 2 unspecified atom stereocenters. The molecule has 1 heterocycles. The van der Waals surface area contributed by atoms with Crippen LogP contribution in [0, 0.1) is 6.92 Å². The van der Waals surface area contributed by atoms with E-state index in [4.69, 9.17) is 11.6 Å². The molecule has 5 heteroatoms. The molecular weight excluding hydrogens is 230 g/mol. The van der Waals surface area contributed by atoms with Gasteiger partial charge in [-0.3, -0.25) is 4.57 Å². The van der Waals surface area contributed by atoms with Gasteiger partial charge in [0.25, 0.3) is 0 Å². The predicted octanol–water partition coefficient (Wildman–Crippen LogP) is 3.09. The third-order valence-electron chi connectivity index (χ3n) is 3.12. The van der Waals surface area contributed by atoms with Crippen LogP contribution >= 0.6 is 23.4 Å². The van der Waals surface area contributed by atoms with Gasteiger partial charge in [0.15, 0.2) is 0 Å². The summed E-state index contributed by atoms with van der Waals surface area (Å²) in [6, 6.07) is 0.499. The molecule has 1 aliphatic carbocycles. The molecule has 84 valence electrons. The maximum absolute atomic E-state index is 6.05. The lowest BCUT2D eigenvalue weighted by Gasteiger charge is -2.29. The monoisotopic (exact) mass is 245 g/mol. The SMILES string of the molecule is CSC1CCCC(n2c(C)nnc2Cl)C1. The van der Waals surface area contributed by atoms with Crippen molar-refractivity contribution < 1.29 is 0 Å². The average Bonchev–Trinajstić information content (AvgIpc) is 2.59. The lowest BCUT2D eigenvalue weighted by molar-refractivity contribution is 0.356. The minimum atomic E-state index is 0.499. The van der Waals surface area contributed by atoms with E-state index >= 15 is 0 Å². The van der Waals surface area contributed by atoms with E-state index in [0.29, 0.717) is 11.3 Å². The van der Waals surface area contributed by atoms with Crippen molar-refractivity contribution in [2.24, 2.45) is 0 Å². The topological polar surface area (TPSA) is 30.7 Å². The molecular formula is C10H16ClN3S. The summed E-state index contributed by atoms with van der Waals surface area (Å²) < 4.78 is 2.09. The molecule has 1 aromatic rings. The number of aryl methyl sites for hydroxylation is 1. The zero-order valence-corrected chi connectivity index (χ0v) is 10.7. The van der Waals surface area contributed by atoms with Gasteiger partial charge >= 0.3 is 0 Å². The Kier molecular flexibility index (Phi) is 3.57. The summed E-state index contributed by atoms with van der Waals surface area (Å²) in [5.74, 6) is 0.937. The molecule has 0 aromatic carbocycles. The Hall–Kier alpha value is -0.220. The van der Waals surface area contributed by atoms with E-state index in [1.807, 2.05) is 18.7 Å². The number of hydrogen-bond donors (Lipinski definition) is 0. The molecule has 0 N–H and O–H groups in total. The van der Waals surface area contributed by atoms with Crippen molar-refractivity contribution in [3.05, 3.63) is 11.1 Å². The summed E-state index contributed by atoms with van der Waals surface area (Å²) in [5.41, 5.74) is 0. The minimum Gasteiger partial charge on any atom is -0.299 e. The van der Waals surface area contributed by atoms with Gasteiger partial charge in [0.1, 0.15) is 5.82 Å². The van der Waals surface area contributed by atoms with Crippen molar-refractivity contribution >= 4 is 23.4 Å². The largest absolute Gasteiger partial charge is 0.299 e. The molecule has 1 aromatic heterocycles. The Bertz CT molecular complexity index is 320. The van der Waals surface area contributed by atoms with Crippen molar-refractivity contribution in [2.75, 3.05) is 6.26 Å². The van der Waals surface area contributed by atoms with Crippen LogP contribution in [0.3, 0.4) is 0 Å². The standard InChI is InChI=1S/C10H16ClN3S/c1-7-12-13-10(11)14(7)8-4-3-5-9(6-8)15-2/h8-9H,3-6H2,1-2H3. The molecule has 0 saturated heterocycles. The second-order valence-corrected chi connectivity index (χ2v) is 5.54. The zero-order chi connectivity index (χ0) is 10.8. The Morgan fingerprint density at radius 3 is 2.80 bits per heavy atom. The summed E-state index contributed by atoms with van der Waals surface area (Å²) in [5, 5.41) is 9.24. The summed E-state index contributed by atoms with van der Waals surface area (Å²) >= 11 is 8.01. The molecule has 2 atom stereocenters. The maximum atomic E-state index is 6.05. The average molecular weight is 246 g/mol. The summed E-state index contributed by atoms with van der Waals surface area (Å²) in [6.45, 7) is 1.97. The van der Waals surface area contributed by atoms with E-state index < -0.39 is 0 Å². The van der Waals surface area contributed by atoms with Crippen molar-refractivity contribution in [3.63, 3.8) is 0 Å². The Morgan fingerprint density at radius 1 is 1.40 bits per heavy atom. The summed E-state index contributed by atoms with van der Waals surface area (Å²) in [6.07, 6.45) is 7.20. The van der Waals surface area contributed by atoms with Gasteiger partial charge in [0, 0.05) is 11.3 Å². The van der Waals surface area contributed by atoms with Crippen LogP contribution in [0.5, 0.6) is 0 Å². The van der Waals surface area contributed by atoms with Crippen LogP contribution in [-0.4, -0.2) is 26.3 Å². The maximum Gasteiger partial charge on any atom is 0.225 e. The molecule has 1 saturated carbocycles. The predicted molar refractivity (Wildman–Crippen MR) is 64.6 cm³/mol. The lowest BCUT2D eigenvalue weighted by Crippen LogP contribution is -2.21. The quantitative estimate of drug-likeness (QED) is 0.802. The highest BCUT2D eigenvalue weighted by molar-refractivity contribution is 7.99. The molecule has 0 bridgehead atoms. The first-order valence-corrected chi connectivity index (χ1v) is 6.98. The molecule has 0 radical (unpaired) electrons. The van der Waals surface area contributed by atoms with Gasteiger partial charge in [-0.15, -0.1) is 10.2 Å². The summed E-state index contributed by atoms with van der Waals surface area (Å²) in [7, 11) is 0. The van der Waals surface area contributed by atoms with Crippen LogP contribution in [0.4, 0.5) is 0 Å². The van der Waals surface area contributed by atoms with E-state index in [9.17, 15) is 0 Å². The second-order valence-electron chi connectivity index (χ2n) is 4.06. The molecule has 1 fully saturated rings. The fourth-order valence-electron chi connectivity index (χ4n) is 2.33. The fraction of sp³-hybridized carbons (Fsp3) is 0.800. The number of halogens is 1. The first kappa shape index (κ1) is 11.3. The fourth-order valence-corrected chi connectivity index (χ4v) is 3.44. The number of nitrogens with zero attached hydrogens (tertiary/aromatic N) is 3. The van der Waals surface area contributed by atoms with Gasteiger partial charge in [-0.2, -0.15) is 11.8 Å². The van der Waals surface area contributed by atoms with Gasteiger partial charge in [-0.05, 0) is 44.0 Å². The van der Waals surface area contributed by atoms with Crippen LogP contribution in [0.15, 0.2) is 0 Å². The van der Waals surface area contributed by atoms with Crippen LogP contribution in [0.1, 0.15) is 37.5 Å². The van der Waals surface area contributed by atoms with E-state index in [1.54, 1.807) is 0 Å². The van der Waals surface area contributed by atoms with Crippen molar-refractivity contribution in [1.29, 1.82) is 0 Å². The first-order chi connectivity index (χ1) is 7.22. The molecule has 15 heavy (non-hydrogen) atoms. The van der Waals surface area contributed by atoms with Gasteiger partial charge in [0.05, 0.1) is 0 Å². The normalized spacial score (nSPS) is 26.9. The molecule has 0 amide bonds. The van der Waals surface area contributed by atoms with Gasteiger partial charge in [-0.25, -0.2) is 0 Å². The number of aromatic nitrogens is 3. The number of thioether (sulfide) groups is 1. The Morgan fingerprint density at radius 2 is 2.20 bits per heavy atom. The molecule has 0 spiro atoms. The van der Waals surface area contributed by atoms with Gasteiger partial charge < -0.3 is 0 Å². The molecule has 1 aliphatic rings. The van der Waals surface area contributed by atoms with E-state index in [1.165, 1.54) is 25.7 Å². The van der Waals surface area contributed by atoms with Crippen LogP contribution in [0.2, 0.25) is 5.28 Å². The third-order valence-corrected chi connectivity index (χ3v) is 4.47. The highest BCUT2D eigenvalue weighted by Crippen LogP contribution is 2.35. The smallest absolute Gasteiger partial charge is 0.225 e. The number of rotatable bonds is 2. The second kappa shape index (κ2) is 4.74. The third kappa shape index (κ3) is 2.31. The van der Waals surface area contributed by atoms with E-state index in [0.717, 1.165) is 11.1 Å². The van der Waals surface area contributed by atoms with Crippen molar-refractivity contribution in [1.82, 2.24) is 14.8 Å². The van der Waals surface area contributed by atoms with Crippen LogP contribution in [-0.2, 0) is 0 Å². The van der Waals surface area contributed by atoms with E-state index in [-0.39, 0.29) is 0 Å². The van der Waals surface area contributed by atoms with Gasteiger partial charge in [0.2, 0.25) is 5.28 Å². The van der Waals surface area contributed by atoms with Crippen LogP contribution in [0.25, 0.3) is 0 Å². The highest BCUT2D eigenvalue weighted by Gasteiger charge is 2.25. The summed E-state index contributed by atoms with van der Waals surface area (Å²) in [4.78, 5) is 0. The highest BCUT2D eigenvalue weighted by atomic mass is 35.5. The Labute approximate surface area is 99.6 Å². The lowest BCUT2D eigenvalue weighted by atomic mass is 9.95. The zero-order valence-electron chi connectivity index (χ0n) is 9.11. The van der Waals surface area contributed by atoms with Gasteiger partial charge in [-0.1, -0.05) is 6.42 Å². The first-order valence-electron chi connectivity index (χ1n) is 5.32. The number of hydrogen-bond acceptors (Lipinski definition) is 3.